The van der Waals surface area contributed by atoms with Crippen molar-refractivity contribution >= 4 is 11.6 Å². The zero-order valence-corrected chi connectivity index (χ0v) is 4.78. The van der Waals surface area contributed by atoms with Crippen LogP contribution in [-0.4, -0.2) is 25.1 Å². The van der Waals surface area contributed by atoms with Crippen LogP contribution in [0.4, 0.5) is 0 Å². The molecule has 0 aliphatic carbocycles. The molecule has 7 heavy (non-hydrogen) atoms. The molecule has 2 nitrogen and oxygen atoms in total. The van der Waals surface area contributed by atoms with Gasteiger partial charge in [-0.15, -0.1) is 11.6 Å². The number of nitrogens with zero attached hydrogens (tertiary/aromatic N) is 1. The Balaban J connectivity index is 2.12. The Bertz CT molecular complexity index is 51.7. The summed E-state index contributed by atoms with van der Waals surface area (Å²) in [6.45, 7) is 2.62. The molecule has 1 saturated heterocycles. The van der Waals surface area contributed by atoms with E-state index in [1.807, 2.05) is 0 Å². The van der Waals surface area contributed by atoms with Gasteiger partial charge < -0.3 is 0 Å². The van der Waals surface area contributed by atoms with Gasteiger partial charge in [-0.25, -0.2) is 5.32 Å². The second kappa shape index (κ2) is 2.50. The van der Waals surface area contributed by atoms with Crippen molar-refractivity contribution in [3.8, 4) is 0 Å². The molecule has 3 heteroatoms. The molecule has 1 radical (unpaired) electrons. The van der Waals surface area contributed by atoms with Crippen molar-refractivity contribution in [2.24, 2.45) is 0 Å². The first kappa shape index (κ1) is 5.35. The number of hydrogen-bond donors (Lipinski definition) is 1. The van der Waals surface area contributed by atoms with Crippen LogP contribution in [0.5, 0.6) is 0 Å². The minimum Gasteiger partial charge on any atom is -0.299 e. The topological polar surface area (TPSA) is 26.1 Å². The van der Waals surface area contributed by atoms with Gasteiger partial charge in [0.2, 0.25) is 0 Å². The number of halogens is 1. The van der Waals surface area contributed by atoms with Crippen LogP contribution in [0.25, 0.3) is 0 Å². The first-order chi connectivity index (χ1) is 3.39. The molecule has 0 amide bonds. The Morgan fingerprint density at radius 1 is 1.71 bits per heavy atom. The third kappa shape index (κ3) is 1.63. The van der Waals surface area contributed by atoms with Crippen LogP contribution >= 0.6 is 11.6 Å². The van der Waals surface area contributed by atoms with Crippen molar-refractivity contribution in [3.05, 3.63) is 0 Å². The molecule has 1 aliphatic rings. The van der Waals surface area contributed by atoms with Gasteiger partial charge in [0.25, 0.3) is 0 Å². The average molecular weight is 120 g/mol. The highest BCUT2D eigenvalue weighted by Crippen LogP contribution is 1.91. The molecular weight excluding hydrogens is 112 g/mol. The average Bonchev–Trinajstić information content (AvgIpc) is 1.69. The summed E-state index contributed by atoms with van der Waals surface area (Å²) in [7, 11) is 0. The van der Waals surface area contributed by atoms with Crippen molar-refractivity contribution in [2.75, 3.05) is 19.6 Å². The quantitative estimate of drug-likeness (QED) is 0.346. The van der Waals surface area contributed by atoms with E-state index in [0.29, 0.717) is 0 Å². The third-order valence-corrected chi connectivity index (χ3v) is 1.22. The van der Waals surface area contributed by atoms with E-state index in [2.05, 4.69) is 10.6 Å². The molecule has 0 aromatic rings. The van der Waals surface area contributed by atoms with E-state index in [1.165, 1.54) is 0 Å². The fraction of sp³-hybridized carbons (Fsp3) is 1.00. The largest absolute Gasteiger partial charge is 0.299 e. The molecule has 1 rings (SSSR count). The molecule has 1 N–H and O–H groups in total. The molecule has 1 atom stereocenters. The van der Waals surface area contributed by atoms with Crippen LogP contribution in [0.3, 0.4) is 0 Å². The molecule has 1 heterocycles. The number of alkyl halides is 1. The minimum absolute atomic E-state index is 0.0914. The first-order valence-electron chi connectivity index (χ1n) is 2.40. The van der Waals surface area contributed by atoms with Crippen molar-refractivity contribution in [1.82, 2.24) is 10.6 Å². The van der Waals surface area contributed by atoms with E-state index < -0.39 is 0 Å². The lowest BCUT2D eigenvalue weighted by atomic mass is 10.4. The van der Waals surface area contributed by atoms with E-state index in [9.17, 15) is 0 Å². The van der Waals surface area contributed by atoms with Crippen LogP contribution < -0.4 is 10.6 Å². The highest BCUT2D eigenvalue weighted by molar-refractivity contribution is 6.20. The molecule has 0 aromatic heterocycles. The summed E-state index contributed by atoms with van der Waals surface area (Å²) in [5.41, 5.74) is 0.0914. The summed E-state index contributed by atoms with van der Waals surface area (Å²) in [5.74, 6) is 0. The number of hydrogen-bond acceptors (Lipinski definition) is 1. The normalized spacial score (nSPS) is 33.0. The van der Waals surface area contributed by atoms with E-state index in [-0.39, 0.29) is 5.50 Å². The Labute approximate surface area is 48.2 Å². The van der Waals surface area contributed by atoms with Gasteiger partial charge in [-0.3, -0.25) is 5.32 Å². The molecule has 1 unspecified atom stereocenters. The number of piperazine rings is 1. The Morgan fingerprint density at radius 3 is 2.86 bits per heavy atom. The van der Waals surface area contributed by atoms with Crippen molar-refractivity contribution in [1.29, 1.82) is 0 Å². The van der Waals surface area contributed by atoms with Crippen LogP contribution in [0, 0.1) is 0 Å². The second-order valence-corrected chi connectivity index (χ2v) is 2.08. The first-order valence-corrected chi connectivity index (χ1v) is 2.84. The van der Waals surface area contributed by atoms with Gasteiger partial charge in [-0.2, -0.15) is 0 Å². The lowest BCUT2D eigenvalue weighted by molar-refractivity contribution is 0.494. The standard InChI is InChI=1S/C4H8ClN2/c5-4-3-6-1-2-7-4/h4,7H,1-3H2. The minimum atomic E-state index is 0.0914. The maximum Gasteiger partial charge on any atom is 0.0968 e. The van der Waals surface area contributed by atoms with E-state index >= 15 is 0 Å². The van der Waals surface area contributed by atoms with Crippen molar-refractivity contribution in [2.45, 2.75) is 5.50 Å². The molecule has 1 aliphatic heterocycles. The molecular formula is C4H8ClN2. The van der Waals surface area contributed by atoms with Crippen LogP contribution in [0.15, 0.2) is 0 Å². The molecule has 1 fully saturated rings. The third-order valence-electron chi connectivity index (χ3n) is 0.925. The van der Waals surface area contributed by atoms with Gasteiger partial charge in [0.15, 0.2) is 0 Å². The van der Waals surface area contributed by atoms with Crippen molar-refractivity contribution < 1.29 is 0 Å². The van der Waals surface area contributed by atoms with Gasteiger partial charge in [0.05, 0.1) is 5.50 Å². The van der Waals surface area contributed by atoms with Crippen LogP contribution in [0.1, 0.15) is 0 Å². The van der Waals surface area contributed by atoms with Gasteiger partial charge in [-0.1, -0.05) is 0 Å². The number of nitrogens with one attached hydrogen (secondary N) is 1. The summed E-state index contributed by atoms with van der Waals surface area (Å²) in [5, 5.41) is 7.12. The lowest BCUT2D eigenvalue weighted by Gasteiger charge is -2.16. The lowest BCUT2D eigenvalue weighted by Crippen LogP contribution is -2.41. The molecule has 0 saturated carbocycles. The highest BCUT2D eigenvalue weighted by atomic mass is 35.5. The fourth-order valence-corrected chi connectivity index (χ4v) is 0.776. The summed E-state index contributed by atoms with van der Waals surface area (Å²) in [4.78, 5) is 0. The van der Waals surface area contributed by atoms with Gasteiger partial charge in [0, 0.05) is 19.6 Å². The Hall–Kier alpha value is 0.210. The summed E-state index contributed by atoms with van der Waals surface area (Å²) < 4.78 is 0. The maximum absolute atomic E-state index is 5.61. The monoisotopic (exact) mass is 119 g/mol. The van der Waals surface area contributed by atoms with E-state index in [0.717, 1.165) is 19.6 Å². The molecule has 0 bridgehead atoms. The smallest absolute Gasteiger partial charge is 0.0968 e. The van der Waals surface area contributed by atoms with Gasteiger partial charge in [-0.05, 0) is 0 Å². The summed E-state index contributed by atoms with van der Waals surface area (Å²) in [6, 6.07) is 0. The van der Waals surface area contributed by atoms with Crippen LogP contribution in [0.2, 0.25) is 0 Å². The fourth-order valence-electron chi connectivity index (χ4n) is 0.569. The Kier molecular flexibility index (Phi) is 1.91. The number of rotatable bonds is 0. The van der Waals surface area contributed by atoms with Crippen LogP contribution in [-0.2, 0) is 0 Å². The van der Waals surface area contributed by atoms with Gasteiger partial charge >= 0.3 is 0 Å². The SMILES string of the molecule is ClC1C[N]CCN1. The second-order valence-electron chi connectivity index (χ2n) is 1.55. The molecule has 0 spiro atoms. The molecule has 41 valence electrons. The maximum atomic E-state index is 5.61. The van der Waals surface area contributed by atoms with E-state index in [4.69, 9.17) is 11.6 Å². The Morgan fingerprint density at radius 2 is 2.57 bits per heavy atom. The summed E-state index contributed by atoms with van der Waals surface area (Å²) in [6.07, 6.45) is 0. The van der Waals surface area contributed by atoms with Gasteiger partial charge in [0.1, 0.15) is 0 Å². The zero-order valence-electron chi connectivity index (χ0n) is 4.02. The predicted molar refractivity (Wildman–Crippen MR) is 29.5 cm³/mol. The van der Waals surface area contributed by atoms with Crippen molar-refractivity contribution in [3.63, 3.8) is 0 Å². The zero-order chi connectivity index (χ0) is 5.11. The molecule has 0 aromatic carbocycles. The highest BCUT2D eigenvalue weighted by Gasteiger charge is 2.06. The summed E-state index contributed by atoms with van der Waals surface area (Å²) >= 11 is 5.61. The predicted octanol–water partition coefficient (Wildman–Crippen LogP) is -0.241. The van der Waals surface area contributed by atoms with E-state index in [1.54, 1.807) is 0 Å².